The van der Waals surface area contributed by atoms with Gasteiger partial charge in [0.05, 0.1) is 22.1 Å². The second kappa shape index (κ2) is 21.0. The topological polar surface area (TPSA) is 304 Å². The number of hydrogen-bond acceptors (Lipinski definition) is 12. The Hall–Kier alpha value is -3.28. The maximum atomic E-state index is 8.25. The standard InChI is InChI=1S/C10H9ClN6.Cu.2NO3.3H2O/c1-7(8-6-12-4-5-13-8)14-16-10-3-2-9(11)15-17-10;;2*2-1(3)4;;;/h2-6H,1H3,(H,16,17);;;;3*1H2/q;+2;2*-1;;;/p+1/b14-7+;;;;;;. The summed E-state index contributed by atoms with van der Waals surface area (Å²) < 4.78 is 0. The van der Waals surface area contributed by atoms with Crippen molar-refractivity contribution < 1.29 is 43.7 Å². The van der Waals surface area contributed by atoms with Crippen LogP contribution in [0.15, 0.2) is 35.8 Å². The molecule has 2 aromatic heterocycles. The minimum atomic E-state index is -1.75. The number of anilines is 1. The van der Waals surface area contributed by atoms with E-state index in [0.717, 1.165) is 0 Å². The van der Waals surface area contributed by atoms with Crippen LogP contribution in [-0.4, -0.2) is 47.0 Å². The molecule has 17 nitrogen and oxygen atoms in total. The van der Waals surface area contributed by atoms with Crippen molar-refractivity contribution in [2.75, 3.05) is 5.43 Å². The van der Waals surface area contributed by atoms with Crippen LogP contribution in [0.25, 0.3) is 0 Å². The zero-order chi connectivity index (χ0) is 19.2. The van der Waals surface area contributed by atoms with Crippen molar-refractivity contribution in [1.29, 1.82) is 0 Å². The van der Waals surface area contributed by atoms with Gasteiger partial charge in [0.2, 0.25) is 0 Å². The van der Waals surface area contributed by atoms with Gasteiger partial charge >= 0.3 is 17.1 Å². The molecule has 2 heterocycles. The molecule has 0 spiro atoms. The average Bonchev–Trinajstić information content (AvgIpc) is 2.54. The van der Waals surface area contributed by atoms with Gasteiger partial charge in [0, 0.05) is 12.4 Å². The first kappa shape index (κ1) is 36.6. The van der Waals surface area contributed by atoms with Gasteiger partial charge < -0.3 is 47.1 Å². The number of nitrogens with one attached hydrogen (secondary N) is 1. The first-order chi connectivity index (χ1) is 11.7. The molecule has 0 aromatic carbocycles. The zero-order valence-corrected chi connectivity index (χ0v) is 15.9. The maximum Gasteiger partial charge on any atom is 2.00 e. The molecule has 2 rings (SSSR count). The molecule has 0 aliphatic carbocycles. The number of hydrazone groups is 1. The number of halogens is 1. The third-order valence-electron chi connectivity index (χ3n) is 1.90. The van der Waals surface area contributed by atoms with Gasteiger partial charge in [-0.25, -0.2) is 0 Å². The summed E-state index contributed by atoms with van der Waals surface area (Å²) in [6, 6.07) is 3.31. The van der Waals surface area contributed by atoms with Gasteiger partial charge in [0.1, 0.15) is 5.69 Å². The minimum Gasteiger partial charge on any atom is -0.457 e. The van der Waals surface area contributed by atoms with Crippen LogP contribution in [0.3, 0.4) is 0 Å². The number of aromatic nitrogens is 4. The summed E-state index contributed by atoms with van der Waals surface area (Å²) in [7, 11) is 0. The molecule has 0 bridgehead atoms. The zero-order valence-electron chi connectivity index (χ0n) is 14.2. The predicted octanol–water partition coefficient (Wildman–Crippen LogP) is -1.30. The summed E-state index contributed by atoms with van der Waals surface area (Å²) in [5.41, 5.74) is 4.16. The first-order valence-corrected chi connectivity index (χ1v) is 6.29. The van der Waals surface area contributed by atoms with E-state index in [-0.39, 0.29) is 33.5 Å². The van der Waals surface area contributed by atoms with Crippen LogP contribution in [-0.2, 0) is 22.5 Å². The quantitative estimate of drug-likeness (QED) is 0.173. The Balaban J connectivity index is -0.000000139. The largest absolute Gasteiger partial charge is 2.00 e. The molecule has 8 N–H and O–H groups in total. The van der Waals surface area contributed by atoms with Crippen LogP contribution in [0, 0.1) is 30.6 Å². The fourth-order valence-electron chi connectivity index (χ4n) is 1.06. The molecule has 0 aliphatic rings. The van der Waals surface area contributed by atoms with Crippen molar-refractivity contribution in [3.8, 4) is 0 Å². The van der Waals surface area contributed by atoms with E-state index in [1.807, 2.05) is 6.92 Å². The van der Waals surface area contributed by atoms with Crippen LogP contribution in [0.5, 0.6) is 0 Å². The van der Waals surface area contributed by atoms with E-state index in [4.69, 9.17) is 42.2 Å². The Morgan fingerprint density at radius 1 is 1.07 bits per heavy atom. The fraction of sp³-hybridized carbons (Fsp3) is 0.100. The van der Waals surface area contributed by atoms with Gasteiger partial charge in [-0.05, 0) is 19.1 Å². The van der Waals surface area contributed by atoms with Crippen molar-refractivity contribution in [2.45, 2.75) is 6.92 Å². The van der Waals surface area contributed by atoms with E-state index in [0.29, 0.717) is 22.4 Å². The van der Waals surface area contributed by atoms with E-state index in [2.05, 4.69) is 30.7 Å². The summed E-state index contributed by atoms with van der Waals surface area (Å²) in [5, 5.41) is 41.4. The molecule has 0 fully saturated rings. The third kappa shape index (κ3) is 22.7. The SMILES string of the molecule is C/C(=N\Nc1ccc(Cl)nn1)c1cnccn1.O.O.O=[N+]([O-])[O-].O=[N+]([O-])[O-].[Cu+2].[OH3+]. The summed E-state index contributed by atoms with van der Waals surface area (Å²) in [6.07, 6.45) is 4.85. The summed E-state index contributed by atoms with van der Waals surface area (Å²) in [4.78, 5) is 24.6. The second-order valence-electron chi connectivity index (χ2n) is 3.59. The van der Waals surface area contributed by atoms with Crippen molar-refractivity contribution in [3.63, 3.8) is 0 Å². The number of hydrogen-bond donors (Lipinski definition) is 1. The molecule has 29 heavy (non-hydrogen) atoms. The molecule has 1 radical (unpaired) electrons. The summed E-state index contributed by atoms with van der Waals surface area (Å²) >= 11 is 5.61. The van der Waals surface area contributed by atoms with E-state index in [1.54, 1.807) is 30.7 Å². The second-order valence-corrected chi connectivity index (χ2v) is 3.98. The molecule has 2 aromatic rings. The van der Waals surface area contributed by atoms with Crippen molar-refractivity contribution >= 4 is 23.1 Å². The Kier molecular flexibility index (Phi) is 26.5. The van der Waals surface area contributed by atoms with Crippen molar-refractivity contribution in [1.82, 2.24) is 20.2 Å². The number of nitrogens with zero attached hydrogens (tertiary/aromatic N) is 7. The van der Waals surface area contributed by atoms with Crippen LogP contribution < -0.4 is 5.43 Å². The average molecular weight is 491 g/mol. The van der Waals surface area contributed by atoms with E-state index < -0.39 is 10.2 Å². The fourth-order valence-corrected chi connectivity index (χ4v) is 1.16. The molecular weight excluding hydrogens is 475 g/mol. The Morgan fingerprint density at radius 2 is 1.59 bits per heavy atom. The van der Waals surface area contributed by atoms with E-state index in [9.17, 15) is 0 Å². The van der Waals surface area contributed by atoms with Crippen molar-refractivity contribution in [3.05, 3.63) is 72.2 Å². The molecule has 0 unspecified atom stereocenters. The van der Waals surface area contributed by atoms with Crippen LogP contribution in [0.4, 0.5) is 5.82 Å². The van der Waals surface area contributed by atoms with E-state index in [1.165, 1.54) is 0 Å². The molecule has 0 saturated heterocycles. The van der Waals surface area contributed by atoms with Crippen molar-refractivity contribution in [2.24, 2.45) is 5.10 Å². The Morgan fingerprint density at radius 3 is 1.97 bits per heavy atom. The van der Waals surface area contributed by atoms with Gasteiger partial charge in [-0.15, -0.1) is 10.2 Å². The summed E-state index contributed by atoms with van der Waals surface area (Å²) in [6.45, 7) is 1.82. The molecular formula is C10H16ClCuN8O9+. The third-order valence-corrected chi connectivity index (χ3v) is 2.11. The molecule has 167 valence electrons. The van der Waals surface area contributed by atoms with Gasteiger partial charge in [-0.3, -0.25) is 15.4 Å². The Labute approximate surface area is 177 Å². The molecule has 19 heteroatoms. The van der Waals surface area contributed by atoms with Crippen LogP contribution >= 0.6 is 11.6 Å². The van der Waals surface area contributed by atoms with Gasteiger partial charge in [0.25, 0.3) is 0 Å². The predicted molar refractivity (Wildman–Crippen MR) is 97.7 cm³/mol. The monoisotopic (exact) mass is 490 g/mol. The smallest absolute Gasteiger partial charge is 0.457 e. The summed E-state index contributed by atoms with van der Waals surface area (Å²) in [5.74, 6) is 0.512. The van der Waals surface area contributed by atoms with Gasteiger partial charge in [-0.1, -0.05) is 11.6 Å². The van der Waals surface area contributed by atoms with Gasteiger partial charge in [-0.2, -0.15) is 5.10 Å². The van der Waals surface area contributed by atoms with Crippen LogP contribution in [0.1, 0.15) is 12.6 Å². The Bertz CT molecular complexity index is 690. The number of rotatable bonds is 3. The normalized spacial score (nSPS) is 8.28. The molecule has 0 amide bonds. The van der Waals surface area contributed by atoms with Gasteiger partial charge in [0.15, 0.2) is 11.0 Å². The molecule has 0 aliphatic heterocycles. The molecule has 0 atom stereocenters. The van der Waals surface area contributed by atoms with Crippen LogP contribution in [0.2, 0.25) is 5.15 Å². The minimum absolute atomic E-state index is 0. The first-order valence-electron chi connectivity index (χ1n) is 5.91. The maximum absolute atomic E-state index is 8.25. The molecule has 0 saturated carbocycles. The van der Waals surface area contributed by atoms with E-state index >= 15 is 0 Å².